The monoisotopic (exact) mass is 465 g/mol. The first-order valence-corrected chi connectivity index (χ1v) is 12.0. The maximum atomic E-state index is 14.2. The van der Waals surface area contributed by atoms with E-state index in [4.69, 9.17) is 4.74 Å². The van der Waals surface area contributed by atoms with E-state index in [9.17, 15) is 14.3 Å². The topological polar surface area (TPSA) is 77.6 Å². The van der Waals surface area contributed by atoms with Gasteiger partial charge in [-0.05, 0) is 68.0 Å². The van der Waals surface area contributed by atoms with Crippen LogP contribution in [0, 0.1) is 6.92 Å². The molecule has 7 heteroatoms. The summed E-state index contributed by atoms with van der Waals surface area (Å²) in [7, 11) is 1.71. The molecule has 1 aliphatic carbocycles. The molecule has 6 nitrogen and oxygen atoms in total. The lowest BCUT2D eigenvalue weighted by atomic mass is 9.90. The van der Waals surface area contributed by atoms with Gasteiger partial charge < -0.3 is 20.1 Å². The highest BCUT2D eigenvalue weighted by molar-refractivity contribution is 5.88. The number of aromatic carboxylic acids is 1. The van der Waals surface area contributed by atoms with Crippen LogP contribution in [0.5, 0.6) is 5.75 Å². The Balaban J connectivity index is 1.44. The number of rotatable bonds is 8. The molecule has 1 saturated heterocycles. The highest BCUT2D eigenvalue weighted by atomic mass is 19.1. The van der Waals surface area contributed by atoms with Crippen molar-refractivity contribution in [3.8, 4) is 5.75 Å². The van der Waals surface area contributed by atoms with Crippen LogP contribution in [0.1, 0.15) is 58.8 Å². The normalized spacial score (nSPS) is 22.1. The lowest BCUT2D eigenvalue weighted by molar-refractivity contribution is 0.0696. The van der Waals surface area contributed by atoms with E-state index in [1.165, 1.54) is 0 Å². The van der Waals surface area contributed by atoms with Crippen molar-refractivity contribution in [2.45, 2.75) is 56.9 Å². The van der Waals surface area contributed by atoms with Gasteiger partial charge in [0.15, 0.2) is 0 Å². The number of nitrogens with zero attached hydrogens (tertiary/aromatic N) is 1. The quantitative estimate of drug-likeness (QED) is 0.437. The van der Waals surface area contributed by atoms with Crippen LogP contribution in [0.15, 0.2) is 42.6 Å². The lowest BCUT2D eigenvalue weighted by Gasteiger charge is -2.40. The fourth-order valence-corrected chi connectivity index (χ4v) is 5.21. The Kier molecular flexibility index (Phi) is 6.08. The number of hydrogen-bond acceptors (Lipinski definition) is 4. The molecule has 0 bridgehead atoms. The molecule has 0 radical (unpaired) electrons. The number of likely N-dealkylation sites (tertiary alicyclic amines) is 1. The van der Waals surface area contributed by atoms with Gasteiger partial charge in [0, 0.05) is 54.4 Å². The minimum atomic E-state index is -1.02. The summed E-state index contributed by atoms with van der Waals surface area (Å²) in [5.41, 5.74) is 3.74. The second-order valence-corrected chi connectivity index (χ2v) is 9.81. The number of carboxylic acid groups (broad SMARTS) is 1. The van der Waals surface area contributed by atoms with Crippen molar-refractivity contribution >= 4 is 16.9 Å². The third-order valence-electron chi connectivity index (χ3n) is 7.45. The molecule has 0 unspecified atom stereocenters. The fraction of sp³-hybridized carbons (Fsp3) is 0.444. The predicted molar refractivity (Wildman–Crippen MR) is 130 cm³/mol. The number of aryl methyl sites for hydroxylation is 1. The van der Waals surface area contributed by atoms with Crippen LogP contribution in [0.2, 0.25) is 0 Å². The molecule has 2 aliphatic rings. The molecule has 0 amide bonds. The zero-order chi connectivity index (χ0) is 23.9. The molecule has 2 fully saturated rings. The van der Waals surface area contributed by atoms with Crippen molar-refractivity contribution in [3.63, 3.8) is 0 Å². The molecule has 2 aromatic carbocycles. The Labute approximate surface area is 199 Å². The van der Waals surface area contributed by atoms with Gasteiger partial charge in [0.1, 0.15) is 11.4 Å². The van der Waals surface area contributed by atoms with Crippen molar-refractivity contribution in [1.82, 2.24) is 15.2 Å². The van der Waals surface area contributed by atoms with Crippen molar-refractivity contribution in [2.75, 3.05) is 20.2 Å². The molecule has 180 valence electrons. The third-order valence-corrected chi connectivity index (χ3v) is 7.45. The standard InChI is InChI=1S/C27H32FN3O3/c1-17-13-24(34-2)22(21-7-11-29-25(17)21)15-31-12-8-20(30-16-27(28)9-10-27)14-23(31)18-3-5-19(6-4-18)26(32)33/h3-7,11,13,20,23,29-30H,8-10,12,14-16H2,1-2H3,(H,32,33)/t20-,23-/m1/s1. The number of methoxy groups -OCH3 is 1. The number of alkyl halides is 1. The summed E-state index contributed by atoms with van der Waals surface area (Å²) in [6.45, 7) is 4.05. The van der Waals surface area contributed by atoms with E-state index in [1.807, 2.05) is 18.3 Å². The molecule has 1 aromatic heterocycles. The van der Waals surface area contributed by atoms with Gasteiger partial charge in [-0.15, -0.1) is 0 Å². The number of nitrogens with one attached hydrogen (secondary N) is 2. The summed E-state index contributed by atoms with van der Waals surface area (Å²) in [6.07, 6.45) is 5.04. The van der Waals surface area contributed by atoms with Crippen molar-refractivity contribution < 1.29 is 19.0 Å². The number of aromatic amines is 1. The van der Waals surface area contributed by atoms with Crippen LogP contribution in [0.25, 0.3) is 10.9 Å². The second kappa shape index (κ2) is 9.04. The minimum absolute atomic E-state index is 0.0869. The molecular formula is C27H32FN3O3. The SMILES string of the molecule is COc1cc(C)c2[nH]ccc2c1CN1CC[C@@H](NCC2(F)CC2)C[C@@H]1c1ccc(C(=O)O)cc1. The number of hydrogen-bond donors (Lipinski definition) is 3. The molecule has 34 heavy (non-hydrogen) atoms. The summed E-state index contributed by atoms with van der Waals surface area (Å²) in [6, 6.07) is 11.7. The van der Waals surface area contributed by atoms with Gasteiger partial charge in [0.2, 0.25) is 0 Å². The Bertz CT molecular complexity index is 1190. The van der Waals surface area contributed by atoms with Gasteiger partial charge in [-0.2, -0.15) is 0 Å². The highest BCUT2D eigenvalue weighted by Gasteiger charge is 2.43. The van der Waals surface area contributed by atoms with Crippen LogP contribution in [0.4, 0.5) is 4.39 Å². The zero-order valence-electron chi connectivity index (χ0n) is 19.7. The van der Waals surface area contributed by atoms with Crippen LogP contribution in [0.3, 0.4) is 0 Å². The average molecular weight is 466 g/mol. The van der Waals surface area contributed by atoms with E-state index < -0.39 is 11.6 Å². The first kappa shape index (κ1) is 22.9. The predicted octanol–water partition coefficient (Wildman–Crippen LogP) is 4.98. The molecule has 2 atom stereocenters. The summed E-state index contributed by atoms with van der Waals surface area (Å²) in [4.78, 5) is 17.1. The van der Waals surface area contributed by atoms with E-state index in [0.29, 0.717) is 25.9 Å². The van der Waals surface area contributed by atoms with Crippen LogP contribution in [-0.4, -0.2) is 52.9 Å². The summed E-state index contributed by atoms with van der Waals surface area (Å²) in [5.74, 6) is -0.0542. The number of fused-ring (bicyclic) bond motifs is 1. The third kappa shape index (κ3) is 4.55. The Hall–Kier alpha value is -2.90. The molecule has 0 spiro atoms. The van der Waals surface area contributed by atoms with Gasteiger partial charge in [0.05, 0.1) is 12.7 Å². The number of H-pyrrole nitrogens is 1. The number of ether oxygens (including phenoxy) is 1. The van der Waals surface area contributed by atoms with Crippen molar-refractivity contribution in [1.29, 1.82) is 0 Å². The molecular weight excluding hydrogens is 433 g/mol. The Morgan fingerprint density at radius 2 is 2.06 bits per heavy atom. The van der Waals surface area contributed by atoms with E-state index >= 15 is 0 Å². The van der Waals surface area contributed by atoms with E-state index in [1.54, 1.807) is 19.2 Å². The molecule has 3 N–H and O–H groups in total. The lowest BCUT2D eigenvalue weighted by Crippen LogP contribution is -2.45. The van der Waals surface area contributed by atoms with Gasteiger partial charge >= 0.3 is 5.97 Å². The first-order valence-electron chi connectivity index (χ1n) is 12.0. The fourth-order valence-electron chi connectivity index (χ4n) is 5.21. The van der Waals surface area contributed by atoms with Crippen molar-refractivity contribution in [3.05, 3.63) is 64.8 Å². The van der Waals surface area contributed by atoms with Gasteiger partial charge in [-0.3, -0.25) is 4.90 Å². The number of aromatic nitrogens is 1. The first-order chi connectivity index (χ1) is 16.4. The molecule has 1 saturated carbocycles. The zero-order valence-corrected chi connectivity index (χ0v) is 19.7. The van der Waals surface area contributed by atoms with Gasteiger partial charge in [0.25, 0.3) is 0 Å². The maximum absolute atomic E-state index is 14.2. The molecule has 1 aliphatic heterocycles. The van der Waals surface area contributed by atoms with Crippen LogP contribution >= 0.6 is 0 Å². The number of piperidine rings is 1. The molecule has 5 rings (SSSR count). The number of carboxylic acids is 1. The van der Waals surface area contributed by atoms with E-state index in [-0.39, 0.29) is 17.6 Å². The van der Waals surface area contributed by atoms with E-state index in [0.717, 1.165) is 52.7 Å². The van der Waals surface area contributed by atoms with Gasteiger partial charge in [-0.25, -0.2) is 9.18 Å². The summed E-state index contributed by atoms with van der Waals surface area (Å²) >= 11 is 0. The number of benzene rings is 2. The number of halogens is 1. The maximum Gasteiger partial charge on any atom is 0.335 e. The molecule has 3 aromatic rings. The largest absolute Gasteiger partial charge is 0.496 e. The molecule has 2 heterocycles. The smallest absolute Gasteiger partial charge is 0.335 e. The van der Waals surface area contributed by atoms with E-state index in [2.05, 4.69) is 34.3 Å². The average Bonchev–Trinajstić information content (AvgIpc) is 3.37. The summed E-state index contributed by atoms with van der Waals surface area (Å²) in [5, 5.41) is 13.9. The van der Waals surface area contributed by atoms with Gasteiger partial charge in [-0.1, -0.05) is 12.1 Å². The van der Waals surface area contributed by atoms with Crippen LogP contribution in [-0.2, 0) is 6.54 Å². The Morgan fingerprint density at radius 3 is 2.74 bits per heavy atom. The number of carbonyl (C=O) groups is 1. The highest BCUT2D eigenvalue weighted by Crippen LogP contribution is 2.40. The van der Waals surface area contributed by atoms with Crippen molar-refractivity contribution in [2.24, 2.45) is 0 Å². The van der Waals surface area contributed by atoms with Crippen LogP contribution < -0.4 is 10.1 Å². The minimum Gasteiger partial charge on any atom is -0.496 e. The second-order valence-electron chi connectivity index (χ2n) is 9.81. The summed E-state index contributed by atoms with van der Waals surface area (Å²) < 4.78 is 20.0. The Morgan fingerprint density at radius 1 is 1.29 bits per heavy atom.